The molecule has 0 unspecified atom stereocenters. The SMILES string of the molecule is CC(=O)Nc1ccc(Br)cc1NC(=O)c1ccccc1I. The molecule has 2 aromatic rings. The summed E-state index contributed by atoms with van der Waals surface area (Å²) < 4.78 is 1.68. The highest BCUT2D eigenvalue weighted by molar-refractivity contribution is 14.1. The largest absolute Gasteiger partial charge is 0.325 e. The minimum atomic E-state index is -0.218. The van der Waals surface area contributed by atoms with E-state index >= 15 is 0 Å². The summed E-state index contributed by atoms with van der Waals surface area (Å²) in [6, 6.07) is 12.6. The van der Waals surface area contributed by atoms with Crippen LogP contribution in [0.5, 0.6) is 0 Å². The average molecular weight is 459 g/mol. The summed E-state index contributed by atoms with van der Waals surface area (Å²) in [4.78, 5) is 23.6. The number of carbonyl (C=O) groups excluding carboxylic acids is 2. The quantitative estimate of drug-likeness (QED) is 0.675. The normalized spacial score (nSPS) is 10.0. The van der Waals surface area contributed by atoms with Gasteiger partial charge in [-0.05, 0) is 52.9 Å². The molecule has 0 aromatic heterocycles. The van der Waals surface area contributed by atoms with Crippen LogP contribution < -0.4 is 10.6 Å². The molecule has 108 valence electrons. The van der Waals surface area contributed by atoms with Crippen molar-refractivity contribution in [3.05, 3.63) is 56.1 Å². The molecule has 2 rings (SSSR count). The Bertz CT molecular complexity index is 704. The van der Waals surface area contributed by atoms with E-state index in [0.717, 1.165) is 8.04 Å². The van der Waals surface area contributed by atoms with Gasteiger partial charge in [0, 0.05) is 15.0 Å². The lowest BCUT2D eigenvalue weighted by Gasteiger charge is -2.12. The van der Waals surface area contributed by atoms with Crippen LogP contribution in [0, 0.1) is 3.57 Å². The average Bonchev–Trinajstić information content (AvgIpc) is 2.42. The first-order valence-corrected chi connectivity index (χ1v) is 7.97. The second kappa shape index (κ2) is 7.04. The monoisotopic (exact) mass is 458 g/mol. The Balaban J connectivity index is 2.30. The molecular formula is C15H12BrIN2O2. The van der Waals surface area contributed by atoms with E-state index in [1.807, 2.05) is 18.2 Å². The van der Waals surface area contributed by atoms with Crippen LogP contribution in [0.1, 0.15) is 17.3 Å². The number of anilines is 2. The van der Waals surface area contributed by atoms with E-state index in [1.165, 1.54) is 6.92 Å². The maximum Gasteiger partial charge on any atom is 0.256 e. The highest BCUT2D eigenvalue weighted by atomic mass is 127. The third kappa shape index (κ3) is 4.28. The lowest BCUT2D eigenvalue weighted by atomic mass is 10.2. The van der Waals surface area contributed by atoms with Crippen LogP contribution in [0.2, 0.25) is 0 Å². The topological polar surface area (TPSA) is 58.2 Å². The molecule has 0 heterocycles. The Hall–Kier alpha value is -1.41. The van der Waals surface area contributed by atoms with E-state index < -0.39 is 0 Å². The van der Waals surface area contributed by atoms with Crippen molar-refractivity contribution < 1.29 is 9.59 Å². The van der Waals surface area contributed by atoms with Crippen LogP contribution in [0.15, 0.2) is 46.9 Å². The van der Waals surface area contributed by atoms with Gasteiger partial charge < -0.3 is 10.6 Å². The van der Waals surface area contributed by atoms with E-state index in [0.29, 0.717) is 16.9 Å². The molecule has 0 saturated heterocycles. The minimum Gasteiger partial charge on any atom is -0.325 e. The number of nitrogens with one attached hydrogen (secondary N) is 2. The molecule has 0 atom stereocenters. The smallest absolute Gasteiger partial charge is 0.256 e. The fourth-order valence-electron chi connectivity index (χ4n) is 1.75. The summed E-state index contributed by atoms with van der Waals surface area (Å²) in [6.45, 7) is 1.42. The molecule has 0 aliphatic rings. The van der Waals surface area contributed by atoms with Gasteiger partial charge in [-0.1, -0.05) is 28.1 Å². The molecule has 6 heteroatoms. The molecule has 0 spiro atoms. The zero-order valence-electron chi connectivity index (χ0n) is 11.1. The first-order valence-electron chi connectivity index (χ1n) is 6.10. The highest BCUT2D eigenvalue weighted by Crippen LogP contribution is 2.27. The van der Waals surface area contributed by atoms with Crippen molar-refractivity contribution >= 4 is 61.7 Å². The first-order chi connectivity index (χ1) is 9.97. The van der Waals surface area contributed by atoms with E-state index in [2.05, 4.69) is 49.2 Å². The van der Waals surface area contributed by atoms with Crippen LogP contribution in [-0.2, 0) is 4.79 Å². The van der Waals surface area contributed by atoms with Crippen LogP contribution >= 0.6 is 38.5 Å². The predicted octanol–water partition coefficient (Wildman–Crippen LogP) is 4.26. The number of benzene rings is 2. The van der Waals surface area contributed by atoms with Crippen LogP contribution in [0.3, 0.4) is 0 Å². The zero-order chi connectivity index (χ0) is 15.4. The molecule has 0 aliphatic heterocycles. The third-order valence-electron chi connectivity index (χ3n) is 2.66. The number of halogens is 2. The first kappa shape index (κ1) is 16.0. The van der Waals surface area contributed by atoms with Gasteiger partial charge in [0.05, 0.1) is 16.9 Å². The zero-order valence-corrected chi connectivity index (χ0v) is 14.9. The number of hydrogen-bond donors (Lipinski definition) is 2. The van der Waals surface area contributed by atoms with E-state index in [1.54, 1.807) is 24.3 Å². The number of rotatable bonds is 3. The molecule has 0 radical (unpaired) electrons. The fourth-order valence-corrected chi connectivity index (χ4v) is 2.75. The molecule has 21 heavy (non-hydrogen) atoms. The molecule has 0 aliphatic carbocycles. The lowest BCUT2D eigenvalue weighted by Crippen LogP contribution is -2.16. The molecule has 2 N–H and O–H groups in total. The van der Waals surface area contributed by atoms with Crippen molar-refractivity contribution in [2.45, 2.75) is 6.92 Å². The van der Waals surface area contributed by atoms with E-state index in [4.69, 9.17) is 0 Å². The highest BCUT2D eigenvalue weighted by Gasteiger charge is 2.12. The number of hydrogen-bond acceptors (Lipinski definition) is 2. The van der Waals surface area contributed by atoms with Crippen molar-refractivity contribution in [2.75, 3.05) is 10.6 Å². The fraction of sp³-hybridized carbons (Fsp3) is 0.0667. The van der Waals surface area contributed by atoms with Crippen molar-refractivity contribution in [1.29, 1.82) is 0 Å². The maximum atomic E-state index is 12.3. The van der Waals surface area contributed by atoms with Crippen molar-refractivity contribution in [3.8, 4) is 0 Å². The Morgan fingerprint density at radius 2 is 1.76 bits per heavy atom. The van der Waals surface area contributed by atoms with Gasteiger partial charge in [-0.25, -0.2) is 0 Å². The Morgan fingerprint density at radius 3 is 2.43 bits per heavy atom. The van der Waals surface area contributed by atoms with Crippen molar-refractivity contribution in [1.82, 2.24) is 0 Å². The molecule has 0 bridgehead atoms. The van der Waals surface area contributed by atoms with Crippen LogP contribution in [0.25, 0.3) is 0 Å². The number of amides is 2. The second-order valence-corrected chi connectivity index (χ2v) is 6.38. The Kier molecular flexibility index (Phi) is 5.35. The van der Waals surface area contributed by atoms with Gasteiger partial charge in [-0.3, -0.25) is 9.59 Å². The molecule has 2 aromatic carbocycles. The Morgan fingerprint density at radius 1 is 1.05 bits per heavy atom. The summed E-state index contributed by atoms with van der Waals surface area (Å²) in [7, 11) is 0. The second-order valence-electron chi connectivity index (χ2n) is 4.31. The number of carbonyl (C=O) groups is 2. The summed E-state index contributed by atoms with van der Waals surface area (Å²) in [6.07, 6.45) is 0. The molecule has 0 fully saturated rings. The van der Waals surface area contributed by atoms with Gasteiger partial charge in [-0.15, -0.1) is 0 Å². The van der Waals surface area contributed by atoms with E-state index in [-0.39, 0.29) is 11.8 Å². The van der Waals surface area contributed by atoms with E-state index in [9.17, 15) is 9.59 Å². The van der Waals surface area contributed by atoms with Gasteiger partial charge in [0.25, 0.3) is 5.91 Å². The molecule has 0 saturated carbocycles. The summed E-state index contributed by atoms with van der Waals surface area (Å²) in [5.74, 6) is -0.410. The van der Waals surface area contributed by atoms with Crippen LogP contribution in [0.4, 0.5) is 11.4 Å². The lowest BCUT2D eigenvalue weighted by molar-refractivity contribution is -0.114. The summed E-state index contributed by atoms with van der Waals surface area (Å²) in [5, 5.41) is 5.52. The van der Waals surface area contributed by atoms with Gasteiger partial charge in [-0.2, -0.15) is 0 Å². The van der Waals surface area contributed by atoms with Gasteiger partial charge in [0.2, 0.25) is 5.91 Å². The van der Waals surface area contributed by atoms with Crippen molar-refractivity contribution in [2.24, 2.45) is 0 Å². The molecule has 4 nitrogen and oxygen atoms in total. The van der Waals surface area contributed by atoms with Crippen LogP contribution in [-0.4, -0.2) is 11.8 Å². The standard InChI is InChI=1S/C15H12BrIN2O2/c1-9(20)18-13-7-6-10(16)8-14(13)19-15(21)11-4-2-3-5-12(11)17/h2-8H,1H3,(H,18,20)(H,19,21). The van der Waals surface area contributed by atoms with Crippen molar-refractivity contribution in [3.63, 3.8) is 0 Å². The van der Waals surface area contributed by atoms with Gasteiger partial charge >= 0.3 is 0 Å². The predicted molar refractivity (Wildman–Crippen MR) is 95.6 cm³/mol. The van der Waals surface area contributed by atoms with Gasteiger partial charge in [0.15, 0.2) is 0 Å². The molecule has 2 amide bonds. The molecular weight excluding hydrogens is 447 g/mol. The van der Waals surface area contributed by atoms with Gasteiger partial charge in [0.1, 0.15) is 0 Å². The summed E-state index contributed by atoms with van der Waals surface area (Å²) >= 11 is 5.47. The third-order valence-corrected chi connectivity index (χ3v) is 4.09. The maximum absolute atomic E-state index is 12.3. The minimum absolute atomic E-state index is 0.192. The Labute approximate surface area is 144 Å². The summed E-state index contributed by atoms with van der Waals surface area (Å²) in [5.41, 5.74) is 1.70.